The highest BCUT2D eigenvalue weighted by atomic mass is 19.1. The number of rotatable bonds is 4. The van der Waals surface area contributed by atoms with Crippen LogP contribution in [0.2, 0.25) is 0 Å². The fraction of sp³-hybridized carbons (Fsp3) is 0.385. The van der Waals surface area contributed by atoms with Crippen molar-refractivity contribution in [1.82, 2.24) is 0 Å². The van der Waals surface area contributed by atoms with Gasteiger partial charge < -0.3 is 15.2 Å². The molecule has 0 aliphatic carbocycles. The molecule has 3 nitrogen and oxygen atoms in total. The van der Waals surface area contributed by atoms with Crippen LogP contribution in [0.1, 0.15) is 12.5 Å². The Hall–Kier alpha value is -1.57. The Labute approximate surface area is 101 Å². The van der Waals surface area contributed by atoms with E-state index in [4.69, 9.17) is 15.2 Å². The SMILES string of the molecule is COC(C)COc1cc(F)ccc1C#CCN. The molecule has 0 saturated carbocycles. The molecule has 1 aromatic carbocycles. The minimum absolute atomic E-state index is 0.0615. The average Bonchev–Trinajstić information content (AvgIpc) is 2.34. The fourth-order valence-corrected chi connectivity index (χ4v) is 1.14. The first-order valence-electron chi connectivity index (χ1n) is 5.31. The normalized spacial score (nSPS) is 11.5. The van der Waals surface area contributed by atoms with Crippen molar-refractivity contribution in [3.63, 3.8) is 0 Å². The van der Waals surface area contributed by atoms with Crippen LogP contribution in [0, 0.1) is 17.7 Å². The van der Waals surface area contributed by atoms with Gasteiger partial charge in [-0.05, 0) is 19.1 Å². The van der Waals surface area contributed by atoms with E-state index >= 15 is 0 Å². The predicted octanol–water partition coefficient (Wildman–Crippen LogP) is 1.55. The molecular weight excluding hydrogens is 221 g/mol. The summed E-state index contributed by atoms with van der Waals surface area (Å²) in [5, 5.41) is 0. The summed E-state index contributed by atoms with van der Waals surface area (Å²) in [7, 11) is 1.59. The van der Waals surface area contributed by atoms with E-state index in [1.165, 1.54) is 12.1 Å². The van der Waals surface area contributed by atoms with E-state index in [-0.39, 0.29) is 18.5 Å². The molecule has 17 heavy (non-hydrogen) atoms. The predicted molar refractivity (Wildman–Crippen MR) is 64.3 cm³/mol. The Kier molecular flexibility index (Phi) is 5.47. The molecule has 0 radical (unpaired) electrons. The first-order chi connectivity index (χ1) is 8.17. The zero-order valence-electron chi connectivity index (χ0n) is 10.00. The van der Waals surface area contributed by atoms with Gasteiger partial charge in [-0.1, -0.05) is 11.8 Å². The number of nitrogens with two attached hydrogens (primary N) is 1. The van der Waals surface area contributed by atoms with Gasteiger partial charge in [0, 0.05) is 13.2 Å². The van der Waals surface area contributed by atoms with E-state index in [0.717, 1.165) is 0 Å². The number of hydrogen-bond donors (Lipinski definition) is 1. The topological polar surface area (TPSA) is 44.5 Å². The lowest BCUT2D eigenvalue weighted by atomic mass is 10.2. The second-order valence-corrected chi connectivity index (χ2v) is 3.50. The van der Waals surface area contributed by atoms with Crippen LogP contribution in [-0.4, -0.2) is 26.4 Å². The molecular formula is C13H16FNO2. The van der Waals surface area contributed by atoms with E-state index in [1.54, 1.807) is 13.2 Å². The van der Waals surface area contributed by atoms with Gasteiger partial charge in [0.2, 0.25) is 0 Å². The number of benzene rings is 1. The largest absolute Gasteiger partial charge is 0.489 e. The molecule has 1 rings (SSSR count). The van der Waals surface area contributed by atoms with Crippen LogP contribution in [-0.2, 0) is 4.74 Å². The Morgan fingerprint density at radius 2 is 2.24 bits per heavy atom. The average molecular weight is 237 g/mol. The minimum Gasteiger partial charge on any atom is -0.489 e. The van der Waals surface area contributed by atoms with Gasteiger partial charge in [-0.15, -0.1) is 0 Å². The standard InChI is InChI=1S/C13H16FNO2/c1-10(16-2)9-17-13-8-12(14)6-5-11(13)4-3-7-15/h5-6,8,10H,7,9,15H2,1-2H3. The molecule has 1 unspecified atom stereocenters. The van der Waals surface area contributed by atoms with Crippen molar-refractivity contribution in [3.05, 3.63) is 29.6 Å². The van der Waals surface area contributed by atoms with Crippen LogP contribution in [0.3, 0.4) is 0 Å². The van der Waals surface area contributed by atoms with Crippen molar-refractivity contribution in [2.75, 3.05) is 20.3 Å². The second-order valence-electron chi connectivity index (χ2n) is 3.50. The highest BCUT2D eigenvalue weighted by molar-refractivity contribution is 5.46. The van der Waals surface area contributed by atoms with Gasteiger partial charge >= 0.3 is 0 Å². The van der Waals surface area contributed by atoms with Gasteiger partial charge in [0.15, 0.2) is 0 Å². The van der Waals surface area contributed by atoms with Gasteiger partial charge in [-0.25, -0.2) is 4.39 Å². The summed E-state index contributed by atoms with van der Waals surface area (Å²) < 4.78 is 23.6. The molecule has 0 saturated heterocycles. The van der Waals surface area contributed by atoms with Crippen molar-refractivity contribution in [2.24, 2.45) is 5.73 Å². The molecule has 2 N–H and O–H groups in total. The molecule has 0 aromatic heterocycles. The lowest BCUT2D eigenvalue weighted by Gasteiger charge is -2.12. The Balaban J connectivity index is 2.83. The second kappa shape index (κ2) is 6.89. The van der Waals surface area contributed by atoms with Crippen LogP contribution in [0.4, 0.5) is 4.39 Å². The number of ether oxygens (including phenoxy) is 2. The van der Waals surface area contributed by atoms with Crippen molar-refractivity contribution in [3.8, 4) is 17.6 Å². The van der Waals surface area contributed by atoms with Crippen molar-refractivity contribution in [2.45, 2.75) is 13.0 Å². The Bertz CT molecular complexity index is 423. The Morgan fingerprint density at radius 3 is 2.88 bits per heavy atom. The van der Waals surface area contributed by atoms with Crippen molar-refractivity contribution >= 4 is 0 Å². The zero-order chi connectivity index (χ0) is 12.7. The summed E-state index contributed by atoms with van der Waals surface area (Å²) in [5.74, 6) is 5.60. The lowest BCUT2D eigenvalue weighted by Crippen LogP contribution is -2.16. The molecule has 4 heteroatoms. The van der Waals surface area contributed by atoms with Crippen LogP contribution >= 0.6 is 0 Å². The maximum atomic E-state index is 13.1. The maximum absolute atomic E-state index is 13.1. The number of methoxy groups -OCH3 is 1. The number of hydrogen-bond acceptors (Lipinski definition) is 3. The molecule has 0 aliphatic rings. The summed E-state index contributed by atoms with van der Waals surface area (Å²) in [6, 6.07) is 4.22. The highest BCUT2D eigenvalue weighted by Crippen LogP contribution is 2.19. The van der Waals surface area contributed by atoms with Crippen molar-refractivity contribution in [1.29, 1.82) is 0 Å². The fourth-order valence-electron chi connectivity index (χ4n) is 1.14. The van der Waals surface area contributed by atoms with Crippen LogP contribution in [0.15, 0.2) is 18.2 Å². The summed E-state index contributed by atoms with van der Waals surface area (Å²) >= 11 is 0. The van der Waals surface area contributed by atoms with Gasteiger partial charge in [-0.3, -0.25) is 0 Å². The number of halogens is 1. The van der Waals surface area contributed by atoms with Gasteiger partial charge in [0.1, 0.15) is 18.2 Å². The summed E-state index contributed by atoms with van der Waals surface area (Å²) in [4.78, 5) is 0. The van der Waals surface area contributed by atoms with E-state index in [2.05, 4.69) is 11.8 Å². The molecule has 0 heterocycles. The smallest absolute Gasteiger partial charge is 0.137 e. The van der Waals surface area contributed by atoms with Crippen LogP contribution in [0.25, 0.3) is 0 Å². The summed E-state index contributed by atoms with van der Waals surface area (Å²) in [5.41, 5.74) is 5.92. The third-order valence-corrected chi connectivity index (χ3v) is 2.14. The first-order valence-corrected chi connectivity index (χ1v) is 5.31. The first kappa shape index (κ1) is 13.5. The van der Waals surface area contributed by atoms with Gasteiger partial charge in [-0.2, -0.15) is 0 Å². The maximum Gasteiger partial charge on any atom is 0.137 e. The molecule has 0 spiro atoms. The lowest BCUT2D eigenvalue weighted by molar-refractivity contribution is 0.0714. The van der Waals surface area contributed by atoms with E-state index in [9.17, 15) is 4.39 Å². The molecule has 1 atom stereocenters. The van der Waals surface area contributed by atoms with Crippen molar-refractivity contribution < 1.29 is 13.9 Å². The molecule has 92 valence electrons. The monoisotopic (exact) mass is 237 g/mol. The summed E-state index contributed by atoms with van der Waals surface area (Å²) in [6.45, 7) is 2.47. The van der Waals surface area contributed by atoms with E-state index < -0.39 is 0 Å². The highest BCUT2D eigenvalue weighted by Gasteiger charge is 2.06. The van der Waals surface area contributed by atoms with Crippen LogP contribution in [0.5, 0.6) is 5.75 Å². The van der Waals surface area contributed by atoms with Crippen LogP contribution < -0.4 is 10.5 Å². The molecule has 0 bridgehead atoms. The van der Waals surface area contributed by atoms with Gasteiger partial charge in [0.25, 0.3) is 0 Å². The molecule has 1 aromatic rings. The third kappa shape index (κ3) is 4.43. The molecule has 0 aliphatic heterocycles. The molecule has 0 amide bonds. The quantitative estimate of drug-likeness (QED) is 0.808. The van der Waals surface area contributed by atoms with E-state index in [1.807, 2.05) is 6.92 Å². The minimum atomic E-state index is -0.358. The third-order valence-electron chi connectivity index (χ3n) is 2.14. The molecule has 0 fully saturated rings. The zero-order valence-corrected chi connectivity index (χ0v) is 10.00. The van der Waals surface area contributed by atoms with E-state index in [0.29, 0.717) is 17.9 Å². The Morgan fingerprint density at radius 1 is 1.47 bits per heavy atom. The van der Waals surface area contributed by atoms with Gasteiger partial charge in [0.05, 0.1) is 18.2 Å². The summed E-state index contributed by atoms with van der Waals surface area (Å²) in [6.07, 6.45) is -0.0615.